The van der Waals surface area contributed by atoms with Crippen molar-refractivity contribution in [1.29, 1.82) is 0 Å². The van der Waals surface area contributed by atoms with Gasteiger partial charge in [-0.15, -0.1) is 0 Å². The molecule has 3 rings (SSSR count). The molecule has 0 atom stereocenters. The average molecular weight is 284 g/mol. The fraction of sp³-hybridized carbons (Fsp3) is 0.364. The molecule has 7 heteroatoms. The number of aromatic nitrogens is 3. The smallest absolute Gasteiger partial charge is 0.313 e. The predicted molar refractivity (Wildman–Crippen MR) is 69.2 cm³/mol. The largest absolute Gasteiger partial charge is 0.481 e. The molecule has 0 radical (unpaired) electrons. The molecular weight excluding hydrogens is 274 g/mol. The second kappa shape index (κ2) is 4.44. The highest BCUT2D eigenvalue weighted by Crippen LogP contribution is 2.40. The first-order chi connectivity index (χ1) is 8.65. The molecule has 2 aromatic rings. The first-order valence-electron chi connectivity index (χ1n) is 5.53. The van der Waals surface area contributed by atoms with Crippen LogP contribution >= 0.6 is 23.4 Å². The second-order valence-corrected chi connectivity index (χ2v) is 5.55. The summed E-state index contributed by atoms with van der Waals surface area (Å²) in [7, 11) is 0. The van der Waals surface area contributed by atoms with Gasteiger partial charge >= 0.3 is 5.97 Å². The van der Waals surface area contributed by atoms with Crippen molar-refractivity contribution >= 4 is 40.5 Å². The van der Waals surface area contributed by atoms with Crippen molar-refractivity contribution in [1.82, 2.24) is 14.5 Å². The van der Waals surface area contributed by atoms with Crippen LogP contribution in [-0.2, 0) is 4.79 Å². The van der Waals surface area contributed by atoms with Gasteiger partial charge in [0.25, 0.3) is 0 Å². The Morgan fingerprint density at radius 1 is 1.61 bits per heavy atom. The van der Waals surface area contributed by atoms with Gasteiger partial charge in [-0.05, 0) is 18.9 Å². The van der Waals surface area contributed by atoms with E-state index in [-0.39, 0.29) is 5.75 Å². The maximum atomic E-state index is 10.6. The van der Waals surface area contributed by atoms with Crippen molar-refractivity contribution in [2.24, 2.45) is 0 Å². The van der Waals surface area contributed by atoms with Crippen LogP contribution in [0, 0.1) is 0 Å². The predicted octanol–water partition coefficient (Wildman–Crippen LogP) is 2.60. The number of carboxylic acids is 1. The number of thioether (sulfide) groups is 1. The number of hydrogen-bond donors (Lipinski definition) is 1. The molecule has 1 fully saturated rings. The Bertz CT molecular complexity index is 624. The highest BCUT2D eigenvalue weighted by atomic mass is 35.5. The average Bonchev–Trinajstić information content (AvgIpc) is 3.08. The van der Waals surface area contributed by atoms with Crippen molar-refractivity contribution in [2.45, 2.75) is 24.0 Å². The Hall–Kier alpha value is -1.27. The van der Waals surface area contributed by atoms with Gasteiger partial charge in [-0.25, -0.2) is 9.97 Å². The van der Waals surface area contributed by atoms with Crippen LogP contribution in [0.15, 0.2) is 17.4 Å². The van der Waals surface area contributed by atoms with E-state index in [9.17, 15) is 4.79 Å². The molecule has 0 spiro atoms. The number of imidazole rings is 1. The van der Waals surface area contributed by atoms with E-state index in [4.69, 9.17) is 16.7 Å². The van der Waals surface area contributed by atoms with Gasteiger partial charge in [-0.3, -0.25) is 4.79 Å². The molecule has 18 heavy (non-hydrogen) atoms. The van der Waals surface area contributed by atoms with E-state index in [0.29, 0.717) is 16.2 Å². The number of carboxylic acid groups (broad SMARTS) is 1. The van der Waals surface area contributed by atoms with Crippen molar-refractivity contribution in [2.75, 3.05) is 5.75 Å². The van der Waals surface area contributed by atoms with Crippen molar-refractivity contribution in [3.05, 3.63) is 17.3 Å². The zero-order chi connectivity index (χ0) is 12.7. The molecule has 0 aromatic carbocycles. The summed E-state index contributed by atoms with van der Waals surface area (Å²) in [6, 6.07) is 2.16. The number of nitrogens with zero attached hydrogens (tertiary/aromatic N) is 3. The van der Waals surface area contributed by atoms with Crippen LogP contribution in [0.4, 0.5) is 0 Å². The van der Waals surface area contributed by atoms with Crippen LogP contribution in [0.1, 0.15) is 18.9 Å². The van der Waals surface area contributed by atoms with Gasteiger partial charge in [0, 0.05) is 12.2 Å². The number of fused-ring (bicyclic) bond motifs is 1. The lowest BCUT2D eigenvalue weighted by atomic mass is 10.4. The summed E-state index contributed by atoms with van der Waals surface area (Å²) >= 11 is 7.11. The Labute approximate surface area is 112 Å². The van der Waals surface area contributed by atoms with Crippen LogP contribution in [-0.4, -0.2) is 31.4 Å². The van der Waals surface area contributed by atoms with E-state index in [0.717, 1.165) is 24.0 Å². The third kappa shape index (κ3) is 2.18. The first-order valence-corrected chi connectivity index (χ1v) is 6.89. The van der Waals surface area contributed by atoms with Gasteiger partial charge in [-0.1, -0.05) is 23.4 Å². The van der Waals surface area contributed by atoms with Crippen molar-refractivity contribution in [3.63, 3.8) is 0 Å². The molecule has 1 N–H and O–H groups in total. The SMILES string of the molecule is O=C(O)CSc1nc2cc(Cl)cnc2n1C1CC1. The maximum Gasteiger partial charge on any atom is 0.313 e. The van der Waals surface area contributed by atoms with Crippen molar-refractivity contribution in [3.8, 4) is 0 Å². The fourth-order valence-corrected chi connectivity index (χ4v) is 2.77. The fourth-order valence-electron chi connectivity index (χ4n) is 1.83. The number of aliphatic carboxylic acids is 1. The van der Waals surface area contributed by atoms with Crippen LogP contribution in [0.2, 0.25) is 5.02 Å². The van der Waals surface area contributed by atoms with E-state index in [1.807, 2.05) is 4.57 Å². The molecule has 94 valence electrons. The van der Waals surface area contributed by atoms with E-state index in [1.165, 1.54) is 11.8 Å². The third-order valence-corrected chi connectivity index (χ3v) is 3.85. The molecule has 0 aliphatic heterocycles. The van der Waals surface area contributed by atoms with E-state index >= 15 is 0 Å². The Morgan fingerprint density at radius 3 is 3.06 bits per heavy atom. The van der Waals surface area contributed by atoms with Crippen LogP contribution in [0.5, 0.6) is 0 Å². The summed E-state index contributed by atoms with van der Waals surface area (Å²) in [5, 5.41) is 10.00. The number of rotatable bonds is 4. The normalized spacial score (nSPS) is 15.2. The van der Waals surface area contributed by atoms with Gasteiger partial charge in [0.2, 0.25) is 0 Å². The summed E-state index contributed by atoms with van der Waals surface area (Å²) in [6.07, 6.45) is 3.78. The van der Waals surface area contributed by atoms with E-state index < -0.39 is 5.97 Å². The van der Waals surface area contributed by atoms with Crippen LogP contribution in [0.25, 0.3) is 11.2 Å². The minimum atomic E-state index is -0.847. The minimum Gasteiger partial charge on any atom is -0.481 e. The van der Waals surface area contributed by atoms with Gasteiger partial charge in [0.15, 0.2) is 10.8 Å². The molecule has 5 nitrogen and oxygen atoms in total. The number of carbonyl (C=O) groups is 1. The summed E-state index contributed by atoms with van der Waals surface area (Å²) in [6.45, 7) is 0. The number of hydrogen-bond acceptors (Lipinski definition) is 4. The lowest BCUT2D eigenvalue weighted by Crippen LogP contribution is -2.02. The molecule has 2 heterocycles. The summed E-state index contributed by atoms with van der Waals surface area (Å²) < 4.78 is 2.03. The van der Waals surface area contributed by atoms with Crippen LogP contribution in [0.3, 0.4) is 0 Å². The van der Waals surface area contributed by atoms with E-state index in [1.54, 1.807) is 12.3 Å². The lowest BCUT2D eigenvalue weighted by molar-refractivity contribution is -0.133. The molecule has 0 saturated heterocycles. The topological polar surface area (TPSA) is 68.0 Å². The molecule has 0 bridgehead atoms. The summed E-state index contributed by atoms with van der Waals surface area (Å²) in [5.41, 5.74) is 1.51. The molecule has 1 aliphatic rings. The summed E-state index contributed by atoms with van der Waals surface area (Å²) in [5.74, 6) is -0.843. The van der Waals surface area contributed by atoms with Gasteiger partial charge < -0.3 is 9.67 Å². The van der Waals surface area contributed by atoms with Crippen LogP contribution < -0.4 is 0 Å². The van der Waals surface area contributed by atoms with Gasteiger partial charge in [-0.2, -0.15) is 0 Å². The second-order valence-electron chi connectivity index (χ2n) is 4.17. The Balaban J connectivity index is 2.05. The maximum absolute atomic E-state index is 10.6. The minimum absolute atomic E-state index is 0.00374. The van der Waals surface area contributed by atoms with Gasteiger partial charge in [0.1, 0.15) is 5.52 Å². The standard InChI is InChI=1S/C11H10ClN3O2S/c12-6-3-8-10(13-4-6)15(7-1-2-7)11(14-8)18-5-9(16)17/h3-4,7H,1-2,5H2,(H,16,17). The molecule has 1 saturated carbocycles. The zero-order valence-corrected chi connectivity index (χ0v) is 10.9. The first kappa shape index (κ1) is 11.8. The third-order valence-electron chi connectivity index (χ3n) is 2.70. The van der Waals surface area contributed by atoms with Crippen molar-refractivity contribution < 1.29 is 9.90 Å². The molecule has 0 amide bonds. The quantitative estimate of drug-likeness (QED) is 0.874. The number of pyridine rings is 1. The highest BCUT2D eigenvalue weighted by Gasteiger charge is 2.29. The van der Waals surface area contributed by atoms with Gasteiger partial charge in [0.05, 0.1) is 10.8 Å². The highest BCUT2D eigenvalue weighted by molar-refractivity contribution is 7.99. The molecule has 1 aliphatic carbocycles. The monoisotopic (exact) mass is 283 g/mol. The van der Waals surface area contributed by atoms with E-state index in [2.05, 4.69) is 9.97 Å². The number of halogens is 1. The lowest BCUT2D eigenvalue weighted by Gasteiger charge is -2.04. The molecule has 2 aromatic heterocycles. The Morgan fingerprint density at radius 2 is 2.39 bits per heavy atom. The molecule has 0 unspecified atom stereocenters. The zero-order valence-electron chi connectivity index (χ0n) is 9.34. The Kier molecular flexibility index (Phi) is 2.91. The molecular formula is C11H10ClN3O2S. The summed E-state index contributed by atoms with van der Waals surface area (Å²) in [4.78, 5) is 19.4.